The van der Waals surface area contributed by atoms with Crippen LogP contribution in [0.15, 0.2) is 58.4 Å². The zero-order valence-corrected chi connectivity index (χ0v) is 25.2. The highest BCUT2D eigenvalue weighted by molar-refractivity contribution is 6.06. The van der Waals surface area contributed by atoms with Gasteiger partial charge >= 0.3 is 11.6 Å². The number of carbonyl (C=O) groups is 2. The van der Waals surface area contributed by atoms with Gasteiger partial charge in [-0.2, -0.15) is 0 Å². The number of H-pyrrole nitrogens is 1. The number of anilines is 1. The Bertz CT molecular complexity index is 1840. The Morgan fingerprint density at radius 2 is 1.93 bits per heavy atom. The molecule has 0 spiro atoms. The number of aromatic nitrogens is 2. The molecule has 0 radical (unpaired) electrons. The van der Waals surface area contributed by atoms with E-state index in [9.17, 15) is 24.6 Å². The Hall–Kier alpha value is -4.98. The number of amides is 1. The summed E-state index contributed by atoms with van der Waals surface area (Å²) in [5.74, 6) is -1.72. The number of aromatic amines is 1. The van der Waals surface area contributed by atoms with E-state index < -0.39 is 59.1 Å². The van der Waals surface area contributed by atoms with E-state index in [1.54, 1.807) is 39.8 Å². The Balaban J connectivity index is 1.42. The third-order valence-corrected chi connectivity index (χ3v) is 7.55. The largest absolute Gasteiger partial charge is 0.505 e. The van der Waals surface area contributed by atoms with Crippen LogP contribution in [0.25, 0.3) is 17.0 Å². The Labute approximate surface area is 257 Å². The van der Waals surface area contributed by atoms with Crippen molar-refractivity contribution in [1.29, 1.82) is 0 Å². The molecular formula is C32H33N3O10. The summed E-state index contributed by atoms with van der Waals surface area (Å²) in [7, 11) is 1.41. The molecule has 45 heavy (non-hydrogen) atoms. The first-order valence-electron chi connectivity index (χ1n) is 14.0. The maximum atomic E-state index is 12.9. The molecule has 1 fully saturated rings. The van der Waals surface area contributed by atoms with E-state index in [0.717, 1.165) is 5.69 Å². The standard InChI is InChI=1S/C32H33N3O10/c1-7-18-14-17(12-13-33-18)28(38)35-22-23(36)19-9-11-21(16(3)25(19)43-30(22)40)42-31-24(37)26(27(41-6)32(4,5)45-31)44-29(39)20-10-8-15(2)34-20/h7-14,24,26-27,31,34,36-37H,1H2,2-6H3,(H,35,38)/t24-,26+,27-,31-/m1/s1. The van der Waals surface area contributed by atoms with Gasteiger partial charge in [0.15, 0.2) is 23.6 Å². The maximum Gasteiger partial charge on any atom is 0.364 e. The molecule has 1 aliphatic heterocycles. The van der Waals surface area contributed by atoms with Crippen molar-refractivity contribution in [3.05, 3.63) is 87.8 Å². The second-order valence-electron chi connectivity index (χ2n) is 11.1. The monoisotopic (exact) mass is 619 g/mol. The molecule has 1 amide bonds. The number of carbonyl (C=O) groups excluding carboxylic acids is 2. The molecule has 1 aromatic carbocycles. The fourth-order valence-electron chi connectivity index (χ4n) is 5.24. The lowest BCUT2D eigenvalue weighted by Gasteiger charge is -2.47. The summed E-state index contributed by atoms with van der Waals surface area (Å²) in [4.78, 5) is 45.5. The number of methoxy groups -OCH3 is 1. The Morgan fingerprint density at radius 1 is 1.18 bits per heavy atom. The predicted molar refractivity (Wildman–Crippen MR) is 162 cm³/mol. The van der Waals surface area contributed by atoms with Crippen LogP contribution in [-0.2, 0) is 14.2 Å². The number of ether oxygens (including phenoxy) is 4. The van der Waals surface area contributed by atoms with Crippen molar-refractivity contribution in [1.82, 2.24) is 9.97 Å². The summed E-state index contributed by atoms with van der Waals surface area (Å²) in [5.41, 5.74) is -0.656. The fraction of sp³-hybridized carbons (Fsp3) is 0.312. The summed E-state index contributed by atoms with van der Waals surface area (Å²) >= 11 is 0. The van der Waals surface area contributed by atoms with E-state index in [2.05, 4.69) is 21.9 Å². The number of nitrogens with zero attached hydrogens (tertiary/aromatic N) is 1. The zero-order valence-electron chi connectivity index (χ0n) is 25.2. The third-order valence-electron chi connectivity index (χ3n) is 7.55. The van der Waals surface area contributed by atoms with Crippen molar-refractivity contribution in [3.8, 4) is 11.5 Å². The van der Waals surface area contributed by atoms with E-state index in [4.69, 9.17) is 23.4 Å². The molecule has 0 aliphatic carbocycles. The van der Waals surface area contributed by atoms with Crippen LogP contribution >= 0.6 is 0 Å². The molecule has 13 heteroatoms. The minimum Gasteiger partial charge on any atom is -0.505 e. The van der Waals surface area contributed by atoms with Crippen LogP contribution < -0.4 is 15.7 Å². The molecule has 1 aliphatic rings. The molecule has 13 nitrogen and oxygen atoms in total. The summed E-state index contributed by atoms with van der Waals surface area (Å²) < 4.78 is 28.9. The van der Waals surface area contributed by atoms with E-state index in [-0.39, 0.29) is 28.0 Å². The second-order valence-corrected chi connectivity index (χ2v) is 11.1. The number of nitrogens with one attached hydrogen (secondary N) is 2. The maximum absolute atomic E-state index is 12.9. The van der Waals surface area contributed by atoms with Gasteiger partial charge in [-0.1, -0.05) is 6.58 Å². The molecule has 5 rings (SSSR count). The SMILES string of the molecule is C=Cc1cc(C(=O)Nc2c(O)c3ccc(O[C@@H]4OC(C)(C)[C@H](OC)[C@@H](OC(=O)c5ccc(C)[nH]5)[C@H]4O)c(C)c3oc2=O)ccn1. The molecule has 4 N–H and O–H groups in total. The minimum absolute atomic E-state index is 0.0183. The number of aromatic hydroxyl groups is 1. The lowest BCUT2D eigenvalue weighted by atomic mass is 9.89. The van der Waals surface area contributed by atoms with Gasteiger partial charge in [0.25, 0.3) is 5.91 Å². The number of pyridine rings is 1. The van der Waals surface area contributed by atoms with Crippen molar-refractivity contribution < 1.29 is 43.2 Å². The molecule has 236 valence electrons. The molecule has 4 heterocycles. The van der Waals surface area contributed by atoms with Gasteiger partial charge in [-0.25, -0.2) is 9.59 Å². The van der Waals surface area contributed by atoms with Gasteiger partial charge in [-0.3, -0.25) is 9.78 Å². The van der Waals surface area contributed by atoms with Crippen LogP contribution in [0.5, 0.6) is 11.5 Å². The van der Waals surface area contributed by atoms with Crippen molar-refractivity contribution >= 4 is 34.6 Å². The molecule has 0 unspecified atom stereocenters. The van der Waals surface area contributed by atoms with Crippen molar-refractivity contribution in [2.45, 2.75) is 57.9 Å². The number of fused-ring (bicyclic) bond motifs is 1. The van der Waals surface area contributed by atoms with E-state index in [0.29, 0.717) is 11.3 Å². The molecule has 4 atom stereocenters. The van der Waals surface area contributed by atoms with Gasteiger partial charge in [0.05, 0.1) is 16.7 Å². The quantitative estimate of drug-likeness (QED) is 0.166. The summed E-state index contributed by atoms with van der Waals surface area (Å²) in [6.07, 6.45) is -2.00. The number of aliphatic hydroxyl groups excluding tert-OH is 1. The van der Waals surface area contributed by atoms with Gasteiger partial charge in [0.1, 0.15) is 23.1 Å². The van der Waals surface area contributed by atoms with Crippen molar-refractivity contribution in [2.24, 2.45) is 0 Å². The number of hydrogen-bond acceptors (Lipinski definition) is 11. The van der Waals surface area contributed by atoms with Gasteiger partial charge in [-0.05, 0) is 70.2 Å². The third kappa shape index (κ3) is 6.05. The van der Waals surface area contributed by atoms with Crippen LogP contribution in [0.2, 0.25) is 0 Å². The topological polar surface area (TPSA) is 182 Å². The van der Waals surface area contributed by atoms with Crippen molar-refractivity contribution in [2.75, 3.05) is 12.4 Å². The van der Waals surface area contributed by atoms with Crippen molar-refractivity contribution in [3.63, 3.8) is 0 Å². The first kappa shape index (κ1) is 31.4. The summed E-state index contributed by atoms with van der Waals surface area (Å²) in [5, 5.41) is 24.8. The van der Waals surface area contributed by atoms with Crippen LogP contribution in [-0.4, -0.2) is 69.4 Å². The summed E-state index contributed by atoms with van der Waals surface area (Å²) in [6.45, 7) is 10.4. The van der Waals surface area contributed by atoms with E-state index in [1.807, 2.05) is 0 Å². The number of hydrogen-bond donors (Lipinski definition) is 4. The predicted octanol–water partition coefficient (Wildman–Crippen LogP) is 3.85. The summed E-state index contributed by atoms with van der Waals surface area (Å²) in [6, 6.07) is 9.12. The van der Waals surface area contributed by atoms with E-state index >= 15 is 0 Å². The normalized spacial score (nSPS) is 20.8. The smallest absolute Gasteiger partial charge is 0.364 e. The average molecular weight is 620 g/mol. The fourth-order valence-corrected chi connectivity index (χ4v) is 5.24. The molecule has 3 aromatic heterocycles. The molecular weight excluding hydrogens is 586 g/mol. The number of esters is 1. The lowest BCUT2D eigenvalue weighted by Crippen LogP contribution is -2.65. The molecule has 0 saturated carbocycles. The highest BCUT2D eigenvalue weighted by Crippen LogP contribution is 2.38. The first-order chi connectivity index (χ1) is 21.3. The van der Waals surface area contributed by atoms with Crippen LogP contribution in [0, 0.1) is 13.8 Å². The number of aliphatic hydroxyl groups is 1. The molecule has 0 bridgehead atoms. The molecule has 4 aromatic rings. The molecule has 1 saturated heterocycles. The van der Waals surface area contributed by atoms with E-state index in [1.165, 1.54) is 43.6 Å². The number of benzene rings is 1. The average Bonchev–Trinajstić information content (AvgIpc) is 3.45. The highest BCUT2D eigenvalue weighted by Gasteiger charge is 2.53. The van der Waals surface area contributed by atoms with Gasteiger partial charge in [0.2, 0.25) is 6.29 Å². The van der Waals surface area contributed by atoms with Crippen LogP contribution in [0.4, 0.5) is 5.69 Å². The van der Waals surface area contributed by atoms with Gasteiger partial charge in [0, 0.05) is 30.1 Å². The number of rotatable bonds is 8. The minimum atomic E-state index is -1.49. The van der Waals surface area contributed by atoms with Crippen LogP contribution in [0.3, 0.4) is 0 Å². The van der Waals surface area contributed by atoms with Gasteiger partial charge in [-0.15, -0.1) is 0 Å². The highest BCUT2D eigenvalue weighted by atomic mass is 16.7. The zero-order chi connectivity index (χ0) is 32.6. The lowest BCUT2D eigenvalue weighted by molar-refractivity contribution is -0.305. The van der Waals surface area contributed by atoms with Crippen LogP contribution in [0.1, 0.15) is 51.6 Å². The second kappa shape index (κ2) is 12.2. The Morgan fingerprint density at radius 3 is 2.60 bits per heavy atom. The Kier molecular flexibility index (Phi) is 8.52. The number of aryl methyl sites for hydroxylation is 2. The first-order valence-corrected chi connectivity index (χ1v) is 14.0. The van der Waals surface area contributed by atoms with Gasteiger partial charge < -0.3 is 43.9 Å².